The van der Waals surface area contributed by atoms with Crippen molar-refractivity contribution >= 4 is 11.6 Å². The zero-order chi connectivity index (χ0) is 14.4. The average Bonchev–Trinajstić information content (AvgIpc) is 2.43. The molecule has 3 heteroatoms. The van der Waals surface area contributed by atoms with Crippen molar-refractivity contribution in [3.05, 3.63) is 29.3 Å². The van der Waals surface area contributed by atoms with Gasteiger partial charge in [-0.05, 0) is 43.5 Å². The molecule has 0 aromatic heterocycles. The molecule has 1 aromatic carbocycles. The van der Waals surface area contributed by atoms with Gasteiger partial charge in [0.15, 0.2) is 0 Å². The lowest BCUT2D eigenvalue weighted by Gasteiger charge is -2.24. The van der Waals surface area contributed by atoms with Crippen molar-refractivity contribution in [2.24, 2.45) is 5.92 Å². The van der Waals surface area contributed by atoms with E-state index in [1.54, 1.807) is 0 Å². The number of hydrogen-bond donors (Lipinski definition) is 1. The van der Waals surface area contributed by atoms with E-state index in [0.29, 0.717) is 5.92 Å². The molecule has 106 valence electrons. The number of nitrogens with zero attached hydrogens (tertiary/aromatic N) is 1. The molecule has 1 amide bonds. The van der Waals surface area contributed by atoms with E-state index in [9.17, 15) is 4.79 Å². The van der Waals surface area contributed by atoms with Crippen LogP contribution < -0.4 is 5.32 Å². The van der Waals surface area contributed by atoms with Crippen LogP contribution in [0.1, 0.15) is 43.1 Å². The van der Waals surface area contributed by atoms with E-state index in [-0.39, 0.29) is 5.91 Å². The van der Waals surface area contributed by atoms with E-state index >= 15 is 0 Å². The second kappa shape index (κ2) is 7.17. The number of aryl methyl sites for hydroxylation is 1. The lowest BCUT2D eigenvalue weighted by Crippen LogP contribution is -2.34. The number of anilines is 1. The van der Waals surface area contributed by atoms with Crippen LogP contribution in [0.3, 0.4) is 0 Å². The van der Waals surface area contributed by atoms with Gasteiger partial charge in [0.05, 0.1) is 0 Å². The number of nitrogens with one attached hydrogen (secondary N) is 1. The Morgan fingerprint density at radius 2 is 2.05 bits per heavy atom. The summed E-state index contributed by atoms with van der Waals surface area (Å²) in [6, 6.07) is 5.84. The minimum Gasteiger partial charge on any atom is -0.388 e. The van der Waals surface area contributed by atoms with Crippen LogP contribution in [0, 0.1) is 12.8 Å². The van der Waals surface area contributed by atoms with Gasteiger partial charge < -0.3 is 10.2 Å². The van der Waals surface area contributed by atoms with Gasteiger partial charge >= 0.3 is 0 Å². The van der Waals surface area contributed by atoms with Crippen LogP contribution in [-0.2, 0) is 0 Å². The summed E-state index contributed by atoms with van der Waals surface area (Å²) in [4.78, 5) is 14.4. The molecular weight excluding hydrogens is 236 g/mol. The summed E-state index contributed by atoms with van der Waals surface area (Å²) in [5.41, 5.74) is 2.95. The Labute approximate surface area is 117 Å². The highest BCUT2D eigenvalue weighted by Crippen LogP contribution is 2.17. The maximum absolute atomic E-state index is 12.5. The van der Waals surface area contributed by atoms with Crippen LogP contribution in [0.5, 0.6) is 0 Å². The van der Waals surface area contributed by atoms with Crippen molar-refractivity contribution in [2.45, 2.75) is 34.1 Å². The standard InChI is InChI=1S/C16H26N2O/c1-6-12(3)11-18(7-2)16(19)14-8-9-15(17-5)13(4)10-14/h8-10,12,17H,6-7,11H2,1-5H3. The third-order valence-electron chi connectivity index (χ3n) is 3.64. The largest absolute Gasteiger partial charge is 0.388 e. The Balaban J connectivity index is 2.88. The molecule has 0 aliphatic heterocycles. The third kappa shape index (κ3) is 3.98. The SMILES string of the molecule is CCC(C)CN(CC)C(=O)c1ccc(NC)c(C)c1. The van der Waals surface area contributed by atoms with Gasteiger partial charge in [0.1, 0.15) is 0 Å². The number of benzene rings is 1. The number of amides is 1. The summed E-state index contributed by atoms with van der Waals surface area (Å²) in [7, 11) is 1.89. The van der Waals surface area contributed by atoms with Crippen LogP contribution in [0.4, 0.5) is 5.69 Å². The molecule has 0 heterocycles. The van der Waals surface area contributed by atoms with Gasteiger partial charge in [0, 0.05) is 31.4 Å². The van der Waals surface area contributed by atoms with E-state index in [4.69, 9.17) is 0 Å². The molecule has 0 aliphatic rings. The molecule has 1 aromatic rings. The van der Waals surface area contributed by atoms with E-state index in [0.717, 1.165) is 36.3 Å². The molecule has 1 N–H and O–H groups in total. The molecule has 3 nitrogen and oxygen atoms in total. The van der Waals surface area contributed by atoms with Crippen LogP contribution in [0.25, 0.3) is 0 Å². The number of hydrogen-bond acceptors (Lipinski definition) is 2. The van der Waals surface area contributed by atoms with E-state index in [2.05, 4.69) is 19.2 Å². The first-order chi connectivity index (χ1) is 9.03. The molecule has 0 aliphatic carbocycles. The Kier molecular flexibility index (Phi) is 5.87. The molecule has 0 bridgehead atoms. The predicted octanol–water partition coefficient (Wildman–Crippen LogP) is 3.54. The molecule has 1 rings (SSSR count). The van der Waals surface area contributed by atoms with Crippen LogP contribution in [0.15, 0.2) is 18.2 Å². The third-order valence-corrected chi connectivity index (χ3v) is 3.64. The molecule has 0 saturated carbocycles. The Morgan fingerprint density at radius 1 is 1.37 bits per heavy atom. The molecule has 1 unspecified atom stereocenters. The van der Waals surface area contributed by atoms with E-state index in [1.807, 2.05) is 44.0 Å². The molecule has 0 fully saturated rings. The minimum atomic E-state index is 0.133. The van der Waals surface area contributed by atoms with Gasteiger partial charge in [0.2, 0.25) is 0 Å². The Hall–Kier alpha value is -1.51. The summed E-state index contributed by atoms with van der Waals surface area (Å²) in [5, 5.41) is 3.12. The smallest absolute Gasteiger partial charge is 0.253 e. The fourth-order valence-electron chi connectivity index (χ4n) is 2.12. The average molecular weight is 262 g/mol. The number of rotatable bonds is 6. The number of carbonyl (C=O) groups is 1. The lowest BCUT2D eigenvalue weighted by atomic mass is 10.1. The van der Waals surface area contributed by atoms with E-state index < -0.39 is 0 Å². The van der Waals surface area contributed by atoms with Crippen LogP contribution in [-0.4, -0.2) is 30.9 Å². The van der Waals surface area contributed by atoms with E-state index in [1.165, 1.54) is 0 Å². The van der Waals surface area contributed by atoms with Gasteiger partial charge in [-0.3, -0.25) is 4.79 Å². The first-order valence-electron chi connectivity index (χ1n) is 7.11. The first kappa shape index (κ1) is 15.5. The fraction of sp³-hybridized carbons (Fsp3) is 0.562. The summed E-state index contributed by atoms with van der Waals surface area (Å²) >= 11 is 0. The van der Waals surface area contributed by atoms with Crippen molar-refractivity contribution in [2.75, 3.05) is 25.5 Å². The fourth-order valence-corrected chi connectivity index (χ4v) is 2.12. The monoisotopic (exact) mass is 262 g/mol. The van der Waals surface area contributed by atoms with Crippen LogP contribution in [0.2, 0.25) is 0 Å². The van der Waals surface area contributed by atoms with Gasteiger partial charge in [-0.15, -0.1) is 0 Å². The Bertz CT molecular complexity index is 429. The molecule has 0 spiro atoms. The van der Waals surface area contributed by atoms with Crippen LogP contribution >= 0.6 is 0 Å². The second-order valence-corrected chi connectivity index (χ2v) is 5.14. The molecule has 0 radical (unpaired) electrons. The second-order valence-electron chi connectivity index (χ2n) is 5.14. The van der Waals surface area contributed by atoms with Crippen molar-refractivity contribution in [1.82, 2.24) is 4.90 Å². The highest BCUT2D eigenvalue weighted by Gasteiger charge is 2.16. The predicted molar refractivity (Wildman–Crippen MR) is 81.8 cm³/mol. The van der Waals surface area contributed by atoms with Crippen molar-refractivity contribution in [3.8, 4) is 0 Å². The zero-order valence-corrected chi connectivity index (χ0v) is 12.8. The minimum absolute atomic E-state index is 0.133. The molecular formula is C16H26N2O. The van der Waals surface area contributed by atoms with Gasteiger partial charge in [-0.25, -0.2) is 0 Å². The quantitative estimate of drug-likeness (QED) is 0.850. The van der Waals surface area contributed by atoms with Crippen molar-refractivity contribution in [1.29, 1.82) is 0 Å². The van der Waals surface area contributed by atoms with Crippen molar-refractivity contribution < 1.29 is 4.79 Å². The zero-order valence-electron chi connectivity index (χ0n) is 12.8. The summed E-state index contributed by atoms with van der Waals surface area (Å²) in [6.07, 6.45) is 1.10. The Morgan fingerprint density at radius 3 is 2.53 bits per heavy atom. The van der Waals surface area contributed by atoms with Crippen molar-refractivity contribution in [3.63, 3.8) is 0 Å². The molecule has 19 heavy (non-hydrogen) atoms. The van der Waals surface area contributed by atoms with Gasteiger partial charge in [-0.2, -0.15) is 0 Å². The molecule has 1 atom stereocenters. The first-order valence-corrected chi connectivity index (χ1v) is 7.11. The topological polar surface area (TPSA) is 32.3 Å². The highest BCUT2D eigenvalue weighted by molar-refractivity contribution is 5.95. The maximum atomic E-state index is 12.5. The normalized spacial score (nSPS) is 12.1. The van der Waals surface area contributed by atoms with Gasteiger partial charge in [-0.1, -0.05) is 20.3 Å². The maximum Gasteiger partial charge on any atom is 0.253 e. The summed E-state index contributed by atoms with van der Waals surface area (Å²) in [5.74, 6) is 0.676. The summed E-state index contributed by atoms with van der Waals surface area (Å²) < 4.78 is 0. The summed E-state index contributed by atoms with van der Waals surface area (Å²) in [6.45, 7) is 10.00. The lowest BCUT2D eigenvalue weighted by molar-refractivity contribution is 0.0741. The number of carbonyl (C=O) groups excluding carboxylic acids is 1. The highest BCUT2D eigenvalue weighted by atomic mass is 16.2. The van der Waals surface area contributed by atoms with Gasteiger partial charge in [0.25, 0.3) is 5.91 Å². The molecule has 0 saturated heterocycles.